The van der Waals surface area contributed by atoms with E-state index in [1.54, 1.807) is 6.92 Å². The number of halogens is 1. The molecule has 0 radical (unpaired) electrons. The Morgan fingerprint density at radius 1 is 1.39 bits per heavy atom. The van der Waals surface area contributed by atoms with Crippen molar-refractivity contribution >= 4 is 21.4 Å². The predicted molar refractivity (Wildman–Crippen MR) is 74.9 cm³/mol. The number of hydrogen-bond donors (Lipinski definition) is 0. The lowest BCUT2D eigenvalue weighted by Gasteiger charge is -2.06. The van der Waals surface area contributed by atoms with Gasteiger partial charge in [0.15, 0.2) is 0 Å². The summed E-state index contributed by atoms with van der Waals surface area (Å²) in [6.07, 6.45) is 0.592. The van der Waals surface area contributed by atoms with Crippen molar-refractivity contribution in [3.05, 3.63) is 17.0 Å². The van der Waals surface area contributed by atoms with Gasteiger partial charge in [-0.05, 0) is 27.2 Å². The molecule has 1 aromatic rings. The van der Waals surface area contributed by atoms with E-state index >= 15 is 0 Å². The molecule has 0 aliphatic rings. The van der Waals surface area contributed by atoms with Crippen LogP contribution in [0, 0.1) is 13.8 Å². The van der Waals surface area contributed by atoms with Gasteiger partial charge >= 0.3 is 0 Å². The van der Waals surface area contributed by atoms with Crippen LogP contribution < -0.4 is 0 Å². The van der Waals surface area contributed by atoms with Gasteiger partial charge in [-0.25, -0.2) is 8.42 Å². The van der Waals surface area contributed by atoms with Gasteiger partial charge in [-0.15, -0.1) is 11.6 Å². The van der Waals surface area contributed by atoms with Crippen molar-refractivity contribution in [3.63, 3.8) is 0 Å². The van der Waals surface area contributed by atoms with E-state index in [1.807, 2.05) is 25.5 Å². The highest BCUT2D eigenvalue weighted by Crippen LogP contribution is 2.26. The SMILES string of the molecule is CCS(=O)(=O)CCCn1nc(C)c(C(C)Cl)c1C. The second-order valence-corrected chi connectivity index (χ2v) is 7.64. The maximum absolute atomic E-state index is 11.4. The fraction of sp³-hybridized carbons (Fsp3) is 0.750. The van der Waals surface area contributed by atoms with Crippen LogP contribution in [0.15, 0.2) is 0 Å². The van der Waals surface area contributed by atoms with Gasteiger partial charge in [0, 0.05) is 23.6 Å². The molecule has 1 aromatic heterocycles. The van der Waals surface area contributed by atoms with Gasteiger partial charge in [-0.3, -0.25) is 4.68 Å². The number of aromatic nitrogens is 2. The summed E-state index contributed by atoms with van der Waals surface area (Å²) in [6.45, 7) is 8.12. The zero-order valence-electron chi connectivity index (χ0n) is 11.4. The number of alkyl halides is 1. The molecule has 0 fully saturated rings. The summed E-state index contributed by atoms with van der Waals surface area (Å²) in [4.78, 5) is 0. The van der Waals surface area contributed by atoms with E-state index in [9.17, 15) is 8.42 Å². The molecule has 0 aromatic carbocycles. The topological polar surface area (TPSA) is 52.0 Å². The van der Waals surface area contributed by atoms with E-state index in [1.165, 1.54) is 0 Å². The summed E-state index contributed by atoms with van der Waals surface area (Å²) in [5, 5.41) is 4.34. The van der Waals surface area contributed by atoms with Crippen LogP contribution in [0.1, 0.15) is 42.6 Å². The van der Waals surface area contributed by atoms with Crippen LogP contribution in [0.3, 0.4) is 0 Å². The Morgan fingerprint density at radius 3 is 2.44 bits per heavy atom. The molecule has 1 atom stereocenters. The maximum atomic E-state index is 11.4. The molecule has 0 N–H and O–H groups in total. The summed E-state index contributed by atoms with van der Waals surface area (Å²) in [6, 6.07) is 0. The van der Waals surface area contributed by atoms with E-state index in [2.05, 4.69) is 5.10 Å². The van der Waals surface area contributed by atoms with Gasteiger partial charge in [0.25, 0.3) is 0 Å². The first-order valence-electron chi connectivity index (χ1n) is 6.17. The highest BCUT2D eigenvalue weighted by atomic mass is 35.5. The van der Waals surface area contributed by atoms with Gasteiger partial charge in [0.2, 0.25) is 0 Å². The molecule has 1 rings (SSSR count). The quantitative estimate of drug-likeness (QED) is 0.757. The monoisotopic (exact) mass is 292 g/mol. The molecular weight excluding hydrogens is 272 g/mol. The maximum Gasteiger partial charge on any atom is 0.150 e. The Bertz CT molecular complexity index is 506. The fourth-order valence-electron chi connectivity index (χ4n) is 2.08. The first-order valence-corrected chi connectivity index (χ1v) is 8.42. The third kappa shape index (κ3) is 3.72. The average Bonchev–Trinajstić information content (AvgIpc) is 2.54. The lowest BCUT2D eigenvalue weighted by molar-refractivity contribution is 0.564. The molecule has 0 saturated heterocycles. The summed E-state index contributed by atoms with van der Waals surface area (Å²) in [5.41, 5.74) is 3.01. The van der Waals surface area contributed by atoms with Crippen molar-refractivity contribution in [2.75, 3.05) is 11.5 Å². The molecule has 0 aliphatic carbocycles. The van der Waals surface area contributed by atoms with Crippen LogP contribution >= 0.6 is 11.6 Å². The van der Waals surface area contributed by atoms with Crippen molar-refractivity contribution in [1.82, 2.24) is 9.78 Å². The second-order valence-electron chi connectivity index (χ2n) is 4.51. The summed E-state index contributed by atoms with van der Waals surface area (Å²) >= 11 is 6.11. The van der Waals surface area contributed by atoms with E-state index in [-0.39, 0.29) is 16.9 Å². The van der Waals surface area contributed by atoms with Gasteiger partial charge in [-0.1, -0.05) is 6.92 Å². The molecule has 1 heterocycles. The van der Waals surface area contributed by atoms with Gasteiger partial charge in [-0.2, -0.15) is 5.10 Å². The largest absolute Gasteiger partial charge is 0.269 e. The minimum Gasteiger partial charge on any atom is -0.269 e. The molecule has 4 nitrogen and oxygen atoms in total. The molecule has 1 unspecified atom stereocenters. The van der Waals surface area contributed by atoms with E-state index < -0.39 is 9.84 Å². The first kappa shape index (κ1) is 15.5. The molecule has 104 valence electrons. The third-order valence-corrected chi connectivity index (χ3v) is 5.11. The molecular formula is C12H21ClN2O2S. The Balaban J connectivity index is 2.73. The summed E-state index contributed by atoms with van der Waals surface area (Å²) in [7, 11) is -2.89. The van der Waals surface area contributed by atoms with Gasteiger partial charge < -0.3 is 0 Å². The van der Waals surface area contributed by atoms with Crippen molar-refractivity contribution in [2.45, 2.75) is 46.0 Å². The fourth-order valence-corrected chi connectivity index (χ4v) is 3.26. The van der Waals surface area contributed by atoms with Crippen LogP contribution in [0.5, 0.6) is 0 Å². The van der Waals surface area contributed by atoms with Crippen LogP contribution in [-0.4, -0.2) is 29.7 Å². The van der Waals surface area contributed by atoms with Crippen LogP contribution in [0.4, 0.5) is 0 Å². The summed E-state index contributed by atoms with van der Waals surface area (Å²) in [5.74, 6) is 0.418. The standard InChI is InChI=1S/C12H21ClN2O2S/c1-5-18(16,17)8-6-7-15-11(4)12(9(2)13)10(3)14-15/h9H,5-8H2,1-4H3. The molecule has 0 aliphatic heterocycles. The number of aryl methyl sites for hydroxylation is 2. The third-order valence-electron chi connectivity index (χ3n) is 3.10. The van der Waals surface area contributed by atoms with Gasteiger partial charge in [0.05, 0.1) is 16.8 Å². The number of nitrogens with zero attached hydrogens (tertiary/aromatic N) is 2. The normalized spacial score (nSPS) is 13.8. The smallest absolute Gasteiger partial charge is 0.150 e. The Morgan fingerprint density at radius 2 is 2.00 bits per heavy atom. The van der Waals surface area contributed by atoms with E-state index in [0.29, 0.717) is 13.0 Å². The van der Waals surface area contributed by atoms with Crippen LogP contribution in [0.25, 0.3) is 0 Å². The van der Waals surface area contributed by atoms with Crippen LogP contribution in [-0.2, 0) is 16.4 Å². The number of rotatable bonds is 6. The van der Waals surface area contributed by atoms with Crippen molar-refractivity contribution in [1.29, 1.82) is 0 Å². The molecule has 6 heteroatoms. The average molecular weight is 293 g/mol. The predicted octanol–water partition coefficient (Wildman–Crippen LogP) is 2.62. The van der Waals surface area contributed by atoms with Crippen molar-refractivity contribution in [2.24, 2.45) is 0 Å². The highest BCUT2D eigenvalue weighted by Gasteiger charge is 2.16. The first-order chi connectivity index (χ1) is 8.28. The zero-order chi connectivity index (χ0) is 13.9. The molecule has 0 spiro atoms. The number of hydrogen-bond acceptors (Lipinski definition) is 3. The Labute approximate surface area is 114 Å². The lowest BCUT2D eigenvalue weighted by Crippen LogP contribution is -2.12. The molecule has 0 amide bonds. The van der Waals surface area contributed by atoms with Crippen LogP contribution in [0.2, 0.25) is 0 Å². The minimum atomic E-state index is -2.89. The highest BCUT2D eigenvalue weighted by molar-refractivity contribution is 7.91. The lowest BCUT2D eigenvalue weighted by atomic mass is 10.1. The van der Waals surface area contributed by atoms with E-state index in [0.717, 1.165) is 17.0 Å². The Hall–Kier alpha value is -0.550. The van der Waals surface area contributed by atoms with Gasteiger partial charge in [0.1, 0.15) is 9.84 Å². The van der Waals surface area contributed by atoms with Crippen molar-refractivity contribution in [3.8, 4) is 0 Å². The number of sulfone groups is 1. The zero-order valence-corrected chi connectivity index (χ0v) is 13.0. The van der Waals surface area contributed by atoms with Crippen molar-refractivity contribution < 1.29 is 8.42 Å². The minimum absolute atomic E-state index is 0.0712. The molecule has 0 saturated carbocycles. The second kappa shape index (κ2) is 6.06. The molecule has 0 bridgehead atoms. The Kier molecular flexibility index (Phi) is 5.22. The van der Waals surface area contributed by atoms with E-state index in [4.69, 9.17) is 11.6 Å². The summed E-state index contributed by atoms with van der Waals surface area (Å²) < 4.78 is 24.7. The molecule has 18 heavy (non-hydrogen) atoms.